The Morgan fingerprint density at radius 2 is 1.89 bits per heavy atom. The third kappa shape index (κ3) is 3.28. The molecule has 1 unspecified atom stereocenters. The van der Waals surface area contributed by atoms with Gasteiger partial charge in [-0.3, -0.25) is 9.89 Å². The summed E-state index contributed by atoms with van der Waals surface area (Å²) in [5.41, 5.74) is 2.09. The van der Waals surface area contributed by atoms with Crippen molar-refractivity contribution in [2.24, 2.45) is 0 Å². The summed E-state index contributed by atoms with van der Waals surface area (Å²) < 4.78 is 22.9. The molecule has 0 spiro atoms. The van der Waals surface area contributed by atoms with Gasteiger partial charge in [-0.1, -0.05) is 12.1 Å². The summed E-state index contributed by atoms with van der Waals surface area (Å²) in [6.07, 6.45) is 1.34. The molecule has 0 aliphatic carbocycles. The van der Waals surface area contributed by atoms with E-state index >= 15 is 0 Å². The molecule has 0 saturated heterocycles. The molecular weight excluding hydrogens is 364 g/mol. The fraction of sp³-hybridized carbons (Fsp3) is 0.167. The summed E-state index contributed by atoms with van der Waals surface area (Å²) in [4.78, 5) is 17.3. The molecule has 0 aliphatic rings. The fourth-order valence-corrected chi connectivity index (χ4v) is 3.51. The zero-order valence-corrected chi connectivity index (χ0v) is 15.9. The van der Waals surface area contributed by atoms with Gasteiger partial charge >= 0.3 is 0 Å². The van der Waals surface area contributed by atoms with Crippen LogP contribution in [0.1, 0.15) is 11.3 Å². The van der Waals surface area contributed by atoms with Crippen LogP contribution in [0.5, 0.6) is 0 Å². The van der Waals surface area contributed by atoms with Crippen molar-refractivity contribution in [3.63, 3.8) is 0 Å². The van der Waals surface area contributed by atoms with Crippen LogP contribution in [0, 0.1) is 23.0 Å². The van der Waals surface area contributed by atoms with Gasteiger partial charge in [-0.05, 0) is 36.8 Å². The molecule has 2 heterocycles. The van der Waals surface area contributed by atoms with Crippen LogP contribution in [0.3, 0.4) is 0 Å². The molecule has 1 atom stereocenters. The van der Waals surface area contributed by atoms with Crippen LogP contribution in [0.4, 0.5) is 0 Å². The average molecular weight is 382 g/mol. The van der Waals surface area contributed by atoms with Crippen LogP contribution in [-0.4, -0.2) is 37.4 Å². The van der Waals surface area contributed by atoms with E-state index in [-0.39, 0.29) is 10.5 Å². The molecule has 8 nitrogen and oxygen atoms in total. The molecule has 0 saturated carbocycles. The molecule has 27 heavy (non-hydrogen) atoms. The molecule has 138 valence electrons. The van der Waals surface area contributed by atoms with Gasteiger partial charge in [-0.15, -0.1) is 0 Å². The Morgan fingerprint density at radius 3 is 2.41 bits per heavy atom. The first-order chi connectivity index (χ1) is 12.8. The Kier molecular flexibility index (Phi) is 4.70. The minimum absolute atomic E-state index is 0.264. The second-order valence-electron chi connectivity index (χ2n) is 6.13. The van der Waals surface area contributed by atoms with Gasteiger partial charge in [0.1, 0.15) is 9.92 Å². The quantitative estimate of drug-likeness (QED) is 0.719. The van der Waals surface area contributed by atoms with E-state index in [1.807, 2.05) is 6.07 Å². The molecule has 0 bridgehead atoms. The predicted octanol–water partition coefficient (Wildman–Crippen LogP) is 2.29. The lowest BCUT2D eigenvalue weighted by Crippen LogP contribution is -2.21. The van der Waals surface area contributed by atoms with E-state index in [4.69, 9.17) is 10.0 Å². The van der Waals surface area contributed by atoms with Crippen molar-refractivity contribution in [3.8, 4) is 23.0 Å². The number of H-pyrrole nitrogens is 1. The number of rotatable bonds is 4. The van der Waals surface area contributed by atoms with Crippen molar-refractivity contribution >= 4 is 9.92 Å². The molecule has 1 aromatic carbocycles. The number of nitriles is 1. The standard InChI is InChI=1S/C18H18N6O2S/c1-12-17(14-6-4-13(10-19)5-7-14)18(25)24(22-12)16-9-8-15(11-21-16)27(20,26)23(2)3/h4-9,11,20,22H,1-3H3. The van der Waals surface area contributed by atoms with Crippen LogP contribution >= 0.6 is 0 Å². The first-order valence-corrected chi connectivity index (χ1v) is 9.52. The van der Waals surface area contributed by atoms with Gasteiger partial charge in [0.05, 0.1) is 22.1 Å². The van der Waals surface area contributed by atoms with E-state index in [1.54, 1.807) is 51.4 Å². The Hall–Kier alpha value is -3.22. The zero-order valence-electron chi connectivity index (χ0n) is 15.1. The van der Waals surface area contributed by atoms with Crippen molar-refractivity contribution in [2.45, 2.75) is 11.8 Å². The number of nitrogens with one attached hydrogen (secondary N) is 2. The lowest BCUT2D eigenvalue weighted by molar-refractivity contribution is 0.588. The number of aromatic nitrogens is 3. The molecule has 9 heteroatoms. The maximum Gasteiger partial charge on any atom is 0.280 e. The van der Waals surface area contributed by atoms with Crippen LogP contribution in [0.15, 0.2) is 52.3 Å². The maximum absolute atomic E-state index is 12.9. The van der Waals surface area contributed by atoms with Crippen LogP contribution < -0.4 is 5.56 Å². The lowest BCUT2D eigenvalue weighted by atomic mass is 10.1. The van der Waals surface area contributed by atoms with E-state index < -0.39 is 9.92 Å². The highest BCUT2D eigenvalue weighted by Gasteiger charge is 2.17. The molecule has 2 N–H and O–H groups in total. The van der Waals surface area contributed by atoms with Gasteiger partial charge in [0.25, 0.3) is 5.56 Å². The fourth-order valence-electron chi connectivity index (χ4n) is 2.64. The highest BCUT2D eigenvalue weighted by Crippen LogP contribution is 2.20. The molecule has 3 aromatic rings. The molecule has 0 aliphatic heterocycles. The third-order valence-electron chi connectivity index (χ3n) is 4.16. The normalized spacial score (nSPS) is 13.3. The topological polar surface area (TPSA) is 119 Å². The third-order valence-corrected chi connectivity index (χ3v) is 6.07. The van der Waals surface area contributed by atoms with Gasteiger partial charge in [0.15, 0.2) is 5.82 Å². The predicted molar refractivity (Wildman–Crippen MR) is 102 cm³/mol. The van der Waals surface area contributed by atoms with Crippen LogP contribution in [-0.2, 0) is 9.92 Å². The first-order valence-electron chi connectivity index (χ1n) is 8.00. The number of hydrogen-bond donors (Lipinski definition) is 2. The first kappa shape index (κ1) is 18.6. The van der Waals surface area contributed by atoms with E-state index in [9.17, 15) is 9.00 Å². The number of benzene rings is 1. The molecule has 2 aromatic heterocycles. The van der Waals surface area contributed by atoms with Gasteiger partial charge in [-0.25, -0.2) is 23.0 Å². The molecular formula is C18H18N6O2S. The monoisotopic (exact) mass is 382 g/mol. The number of hydrogen-bond acceptors (Lipinski definition) is 5. The van der Waals surface area contributed by atoms with E-state index in [0.29, 0.717) is 28.2 Å². The minimum Gasteiger partial charge on any atom is -0.293 e. The summed E-state index contributed by atoms with van der Waals surface area (Å²) in [6.45, 7) is 1.78. The number of nitrogens with zero attached hydrogens (tertiary/aromatic N) is 4. The van der Waals surface area contributed by atoms with E-state index in [1.165, 1.54) is 21.3 Å². The van der Waals surface area contributed by atoms with Crippen molar-refractivity contribution in [3.05, 3.63) is 64.2 Å². The summed E-state index contributed by atoms with van der Waals surface area (Å²) in [5.74, 6) is 0.334. The number of aromatic amines is 1. The molecule has 0 radical (unpaired) electrons. The summed E-state index contributed by atoms with van der Waals surface area (Å²) in [5, 5.41) is 11.9. The Morgan fingerprint density at radius 1 is 1.22 bits per heavy atom. The average Bonchev–Trinajstić information content (AvgIpc) is 2.96. The highest BCUT2D eigenvalue weighted by molar-refractivity contribution is 7.90. The smallest absolute Gasteiger partial charge is 0.280 e. The number of pyridine rings is 1. The Balaban J connectivity index is 2.04. The van der Waals surface area contributed by atoms with E-state index in [2.05, 4.69) is 10.1 Å². The van der Waals surface area contributed by atoms with Gasteiger partial charge in [0.2, 0.25) is 0 Å². The van der Waals surface area contributed by atoms with Crippen molar-refractivity contribution in [1.82, 2.24) is 19.1 Å². The summed E-state index contributed by atoms with van der Waals surface area (Å²) >= 11 is 0. The summed E-state index contributed by atoms with van der Waals surface area (Å²) in [6, 6.07) is 11.9. The van der Waals surface area contributed by atoms with Crippen molar-refractivity contribution in [1.29, 1.82) is 10.0 Å². The van der Waals surface area contributed by atoms with Gasteiger partial charge in [-0.2, -0.15) is 5.26 Å². The van der Waals surface area contributed by atoms with Crippen LogP contribution in [0.2, 0.25) is 0 Å². The maximum atomic E-state index is 12.9. The largest absolute Gasteiger partial charge is 0.293 e. The minimum atomic E-state index is -3.09. The second-order valence-corrected chi connectivity index (χ2v) is 8.39. The zero-order chi connectivity index (χ0) is 19.8. The molecule has 0 fully saturated rings. The van der Waals surface area contributed by atoms with Gasteiger partial charge in [0, 0.05) is 26.0 Å². The van der Waals surface area contributed by atoms with Crippen molar-refractivity contribution in [2.75, 3.05) is 14.1 Å². The van der Waals surface area contributed by atoms with Gasteiger partial charge < -0.3 is 0 Å². The molecule has 3 rings (SSSR count). The SMILES string of the molecule is Cc1[nH]n(-c2ccc(S(=N)(=O)N(C)C)cn2)c(=O)c1-c1ccc(C#N)cc1. The van der Waals surface area contributed by atoms with Crippen molar-refractivity contribution < 1.29 is 4.21 Å². The van der Waals surface area contributed by atoms with E-state index in [0.717, 1.165) is 0 Å². The lowest BCUT2D eigenvalue weighted by Gasteiger charge is -2.14. The highest BCUT2D eigenvalue weighted by atomic mass is 32.2. The molecule has 0 amide bonds. The number of aryl methyl sites for hydroxylation is 1. The Bertz CT molecular complexity index is 1180. The van der Waals surface area contributed by atoms with Crippen LogP contribution in [0.25, 0.3) is 16.9 Å². The Labute approximate surface area is 156 Å². The second kappa shape index (κ2) is 6.83. The summed E-state index contributed by atoms with van der Waals surface area (Å²) in [7, 11) is 0.0312.